The average Bonchev–Trinajstić information content (AvgIpc) is 2.84. The Hall–Kier alpha value is -2.37. The lowest BCUT2D eigenvalue weighted by atomic mass is 10.3. The van der Waals surface area contributed by atoms with Crippen molar-refractivity contribution >= 4 is 17.0 Å². The minimum Gasteiger partial charge on any atom is -0.444 e. The Morgan fingerprint density at radius 3 is 3.00 bits per heavy atom. The molecule has 0 fully saturated rings. The maximum absolute atomic E-state index is 13.1. The molecule has 3 aromatic rings. The number of anilines is 1. The summed E-state index contributed by atoms with van der Waals surface area (Å²) >= 11 is 0. The first-order valence-corrected chi connectivity index (χ1v) is 5.46. The maximum Gasteiger partial charge on any atom is 0.214 e. The van der Waals surface area contributed by atoms with Crippen molar-refractivity contribution in [2.24, 2.45) is 0 Å². The Labute approximate surface area is 102 Å². The molecule has 0 amide bonds. The largest absolute Gasteiger partial charge is 0.444 e. The predicted molar refractivity (Wildman–Crippen MR) is 64.4 cm³/mol. The number of aromatic nitrogens is 3. The number of rotatable bonds is 2. The van der Waals surface area contributed by atoms with Crippen molar-refractivity contribution in [1.29, 1.82) is 0 Å². The first kappa shape index (κ1) is 10.8. The topological polar surface area (TPSA) is 69.9 Å². The van der Waals surface area contributed by atoms with E-state index in [-0.39, 0.29) is 5.82 Å². The molecule has 5 nitrogen and oxygen atoms in total. The molecule has 0 aliphatic carbocycles. The van der Waals surface area contributed by atoms with Crippen LogP contribution in [-0.2, 0) is 6.54 Å². The highest BCUT2D eigenvalue weighted by Gasteiger charge is 2.11. The van der Waals surface area contributed by atoms with Crippen molar-refractivity contribution in [3.8, 4) is 0 Å². The molecule has 0 atom stereocenters. The number of benzene rings is 1. The van der Waals surface area contributed by atoms with Gasteiger partial charge in [0.05, 0.1) is 17.2 Å². The molecule has 3 rings (SSSR count). The summed E-state index contributed by atoms with van der Waals surface area (Å²) in [5, 5.41) is 0. The van der Waals surface area contributed by atoms with E-state index in [2.05, 4.69) is 9.97 Å². The van der Waals surface area contributed by atoms with E-state index < -0.39 is 0 Å². The normalized spacial score (nSPS) is 11.2. The van der Waals surface area contributed by atoms with E-state index in [1.807, 2.05) is 6.92 Å². The van der Waals surface area contributed by atoms with E-state index in [1.54, 1.807) is 16.8 Å². The van der Waals surface area contributed by atoms with Crippen LogP contribution in [0.25, 0.3) is 11.0 Å². The van der Waals surface area contributed by atoms with Crippen LogP contribution in [0.2, 0.25) is 0 Å². The third kappa shape index (κ3) is 1.71. The third-order valence-electron chi connectivity index (χ3n) is 2.70. The fraction of sp³-hybridized carbons (Fsp3) is 0.167. The van der Waals surface area contributed by atoms with E-state index in [4.69, 9.17) is 10.2 Å². The van der Waals surface area contributed by atoms with Crippen LogP contribution >= 0.6 is 0 Å². The summed E-state index contributed by atoms with van der Waals surface area (Å²) in [4.78, 5) is 8.22. The number of halogens is 1. The van der Waals surface area contributed by atoms with Gasteiger partial charge < -0.3 is 14.7 Å². The highest BCUT2D eigenvalue weighted by molar-refractivity contribution is 5.78. The molecule has 0 radical (unpaired) electrons. The lowest BCUT2D eigenvalue weighted by Crippen LogP contribution is -2.04. The number of nitrogens with two attached hydrogens (primary N) is 1. The molecule has 6 heteroatoms. The van der Waals surface area contributed by atoms with Gasteiger partial charge in [0.1, 0.15) is 18.1 Å². The fourth-order valence-electron chi connectivity index (χ4n) is 1.90. The van der Waals surface area contributed by atoms with Crippen LogP contribution in [0.15, 0.2) is 28.8 Å². The summed E-state index contributed by atoms with van der Waals surface area (Å²) in [5.74, 6) is 1.26. The van der Waals surface area contributed by atoms with Crippen LogP contribution in [-0.4, -0.2) is 14.5 Å². The summed E-state index contributed by atoms with van der Waals surface area (Å²) in [6.45, 7) is 2.20. The molecule has 0 aliphatic rings. The zero-order valence-corrected chi connectivity index (χ0v) is 9.72. The first-order valence-electron chi connectivity index (χ1n) is 5.46. The Morgan fingerprint density at radius 2 is 2.28 bits per heavy atom. The van der Waals surface area contributed by atoms with Gasteiger partial charge in [-0.3, -0.25) is 0 Å². The summed E-state index contributed by atoms with van der Waals surface area (Å²) < 4.78 is 20.2. The minimum atomic E-state index is -0.334. The van der Waals surface area contributed by atoms with E-state index in [1.165, 1.54) is 12.1 Å². The lowest BCUT2D eigenvalue weighted by Gasteiger charge is -2.02. The van der Waals surface area contributed by atoms with Gasteiger partial charge in [0, 0.05) is 6.07 Å². The minimum absolute atomic E-state index is 0.312. The standard InChI is InChI=1S/C12H11FN4O/c1-7-5-15-11(18-7)6-17-10-3-2-8(13)4-9(10)16-12(17)14/h2-5H,6H2,1H3,(H2,14,16). The molecule has 18 heavy (non-hydrogen) atoms. The molecule has 2 heterocycles. The molecule has 0 aliphatic heterocycles. The van der Waals surface area contributed by atoms with Crippen LogP contribution in [0, 0.1) is 12.7 Å². The molecule has 92 valence electrons. The Balaban J connectivity index is 2.08. The van der Waals surface area contributed by atoms with Crippen LogP contribution in [0.3, 0.4) is 0 Å². The van der Waals surface area contributed by atoms with Gasteiger partial charge in [0.15, 0.2) is 0 Å². The number of nitrogens with zero attached hydrogens (tertiary/aromatic N) is 3. The van der Waals surface area contributed by atoms with Crippen LogP contribution in [0.4, 0.5) is 10.3 Å². The molecule has 2 N–H and O–H groups in total. The number of hydrogen-bond donors (Lipinski definition) is 1. The highest BCUT2D eigenvalue weighted by Crippen LogP contribution is 2.20. The molecule has 2 aromatic heterocycles. The molecule has 0 bridgehead atoms. The zero-order valence-electron chi connectivity index (χ0n) is 9.72. The van der Waals surface area contributed by atoms with Crippen LogP contribution in [0.5, 0.6) is 0 Å². The summed E-state index contributed by atoms with van der Waals surface area (Å²) in [7, 11) is 0. The highest BCUT2D eigenvalue weighted by atomic mass is 19.1. The van der Waals surface area contributed by atoms with Crippen molar-refractivity contribution < 1.29 is 8.81 Å². The molecular weight excluding hydrogens is 235 g/mol. The van der Waals surface area contributed by atoms with Gasteiger partial charge in [-0.1, -0.05) is 0 Å². The number of nitrogen functional groups attached to an aromatic ring is 1. The van der Waals surface area contributed by atoms with Crippen molar-refractivity contribution in [2.75, 3.05) is 5.73 Å². The van der Waals surface area contributed by atoms with Crippen molar-refractivity contribution in [3.63, 3.8) is 0 Å². The smallest absolute Gasteiger partial charge is 0.214 e. The number of imidazole rings is 1. The number of aryl methyl sites for hydroxylation is 1. The first-order chi connectivity index (χ1) is 8.63. The molecule has 0 saturated carbocycles. The van der Waals surface area contributed by atoms with Gasteiger partial charge in [-0.25, -0.2) is 14.4 Å². The quantitative estimate of drug-likeness (QED) is 0.751. The second-order valence-electron chi connectivity index (χ2n) is 4.05. The summed E-state index contributed by atoms with van der Waals surface area (Å²) in [5.41, 5.74) is 7.10. The number of hydrogen-bond acceptors (Lipinski definition) is 4. The van der Waals surface area contributed by atoms with Crippen molar-refractivity contribution in [1.82, 2.24) is 14.5 Å². The molecular formula is C12H11FN4O. The van der Waals surface area contributed by atoms with Crippen LogP contribution in [0.1, 0.15) is 11.7 Å². The second-order valence-corrected chi connectivity index (χ2v) is 4.05. The van der Waals surface area contributed by atoms with Gasteiger partial charge in [-0.15, -0.1) is 0 Å². The maximum atomic E-state index is 13.1. The Bertz CT molecular complexity index is 716. The molecule has 0 unspecified atom stereocenters. The van der Waals surface area contributed by atoms with E-state index in [9.17, 15) is 4.39 Å². The van der Waals surface area contributed by atoms with Gasteiger partial charge in [-0.2, -0.15) is 0 Å². The second kappa shape index (κ2) is 3.83. The third-order valence-corrected chi connectivity index (χ3v) is 2.70. The monoisotopic (exact) mass is 246 g/mol. The number of oxazole rings is 1. The Morgan fingerprint density at radius 1 is 1.44 bits per heavy atom. The lowest BCUT2D eigenvalue weighted by molar-refractivity contribution is 0.461. The summed E-state index contributed by atoms with van der Waals surface area (Å²) in [6, 6.07) is 4.37. The fourth-order valence-corrected chi connectivity index (χ4v) is 1.90. The average molecular weight is 246 g/mol. The van der Waals surface area contributed by atoms with Gasteiger partial charge in [-0.05, 0) is 19.1 Å². The van der Waals surface area contributed by atoms with Crippen LogP contribution < -0.4 is 5.73 Å². The van der Waals surface area contributed by atoms with Gasteiger partial charge in [0.2, 0.25) is 11.8 Å². The van der Waals surface area contributed by atoms with Crippen molar-refractivity contribution in [3.05, 3.63) is 41.9 Å². The van der Waals surface area contributed by atoms with E-state index in [0.717, 1.165) is 11.3 Å². The molecule has 0 spiro atoms. The van der Waals surface area contributed by atoms with Crippen molar-refractivity contribution in [2.45, 2.75) is 13.5 Å². The molecule has 1 aromatic carbocycles. The van der Waals surface area contributed by atoms with Gasteiger partial charge in [0.25, 0.3) is 0 Å². The summed E-state index contributed by atoms with van der Waals surface area (Å²) in [6.07, 6.45) is 1.64. The van der Waals surface area contributed by atoms with Gasteiger partial charge >= 0.3 is 0 Å². The zero-order chi connectivity index (χ0) is 12.7. The Kier molecular flexibility index (Phi) is 2.29. The SMILES string of the molecule is Cc1cnc(Cn2c(N)nc3cc(F)ccc32)o1. The molecule has 0 saturated heterocycles. The predicted octanol–water partition coefficient (Wildman–Crippen LogP) is 2.10. The van der Waals surface area contributed by atoms with E-state index >= 15 is 0 Å². The number of fused-ring (bicyclic) bond motifs is 1. The van der Waals surface area contributed by atoms with E-state index in [0.29, 0.717) is 23.9 Å².